The molecule has 0 fully saturated rings. The molecule has 0 aliphatic carbocycles. The van der Waals surface area contributed by atoms with E-state index in [1.54, 1.807) is 24.3 Å². The fraction of sp³-hybridized carbons (Fsp3) is 0. The number of aromatic amines is 1. The van der Waals surface area contributed by atoms with Crippen molar-refractivity contribution in [3.8, 4) is 27.5 Å². The second-order valence-electron chi connectivity index (χ2n) is 3.81. The van der Waals surface area contributed by atoms with Crippen LogP contribution in [0.25, 0.3) is 10.6 Å². The Hall–Kier alpha value is -2.36. The average Bonchev–Trinajstić information content (AvgIpc) is 3.09. The predicted molar refractivity (Wildman–Crippen MR) is 75.9 cm³/mol. The summed E-state index contributed by atoms with van der Waals surface area (Å²) in [5, 5.41) is 20.5. The van der Waals surface area contributed by atoms with Crippen LogP contribution in [0.2, 0.25) is 5.02 Å². The molecule has 5 nitrogen and oxygen atoms in total. The average molecular weight is 303 g/mol. The van der Waals surface area contributed by atoms with Gasteiger partial charge in [0.2, 0.25) is 0 Å². The lowest BCUT2D eigenvalue weighted by Crippen LogP contribution is -1.79. The van der Waals surface area contributed by atoms with Crippen LogP contribution in [0.3, 0.4) is 0 Å². The highest BCUT2D eigenvalue weighted by molar-refractivity contribution is 7.17. The van der Waals surface area contributed by atoms with E-state index in [4.69, 9.17) is 21.6 Å². The van der Waals surface area contributed by atoms with Gasteiger partial charge in [0.15, 0.2) is 10.8 Å². The predicted octanol–water partition coefficient (Wildman–Crippen LogP) is 3.85. The van der Waals surface area contributed by atoms with Crippen LogP contribution < -0.4 is 4.74 Å². The van der Waals surface area contributed by atoms with Crippen molar-refractivity contribution >= 4 is 22.9 Å². The van der Waals surface area contributed by atoms with Crippen LogP contribution >= 0.6 is 22.9 Å². The summed E-state index contributed by atoms with van der Waals surface area (Å²) in [6.45, 7) is 0. The molecule has 3 rings (SSSR count). The van der Waals surface area contributed by atoms with E-state index in [0.717, 1.165) is 4.88 Å². The summed E-state index contributed by atoms with van der Waals surface area (Å²) in [5.74, 6) is 0.698. The Morgan fingerprint density at radius 2 is 1.95 bits per heavy atom. The lowest BCUT2D eigenvalue weighted by Gasteiger charge is -2.01. The number of rotatable bonds is 3. The zero-order valence-electron chi connectivity index (χ0n) is 10.0. The standard InChI is InChI=1S/C13H7ClN4OS/c14-8-1-3-9(4-2-8)19-12-6-5-11(20-12)13-10(7-15)16-18-17-13/h1-6H,(H,16,17,18). The second-order valence-corrected chi connectivity index (χ2v) is 5.29. The molecule has 0 saturated carbocycles. The van der Waals surface area contributed by atoms with Gasteiger partial charge in [-0.15, -0.1) is 5.10 Å². The van der Waals surface area contributed by atoms with E-state index in [2.05, 4.69) is 15.4 Å². The maximum atomic E-state index is 8.93. The van der Waals surface area contributed by atoms with Crippen molar-refractivity contribution in [3.05, 3.63) is 47.1 Å². The first-order valence-corrected chi connectivity index (χ1v) is 6.80. The Labute approximate surface area is 123 Å². The highest BCUT2D eigenvalue weighted by Gasteiger charge is 2.13. The van der Waals surface area contributed by atoms with Gasteiger partial charge in [0.1, 0.15) is 17.5 Å². The van der Waals surface area contributed by atoms with Crippen LogP contribution in [0.15, 0.2) is 36.4 Å². The van der Waals surface area contributed by atoms with Crippen LogP contribution in [0.1, 0.15) is 5.69 Å². The van der Waals surface area contributed by atoms with Crippen molar-refractivity contribution < 1.29 is 4.74 Å². The Morgan fingerprint density at radius 3 is 2.70 bits per heavy atom. The molecule has 0 amide bonds. The van der Waals surface area contributed by atoms with Gasteiger partial charge in [0.25, 0.3) is 0 Å². The summed E-state index contributed by atoms with van der Waals surface area (Å²) in [6.07, 6.45) is 0. The van der Waals surface area contributed by atoms with Gasteiger partial charge in [-0.25, -0.2) is 0 Å². The number of benzene rings is 1. The molecule has 1 aromatic carbocycles. The van der Waals surface area contributed by atoms with Gasteiger partial charge in [-0.05, 0) is 36.4 Å². The summed E-state index contributed by atoms with van der Waals surface area (Å²) in [4.78, 5) is 0.819. The maximum absolute atomic E-state index is 8.93. The number of hydrogen-bond donors (Lipinski definition) is 1. The molecule has 0 bridgehead atoms. The summed E-state index contributed by atoms with van der Waals surface area (Å²) < 4.78 is 5.70. The van der Waals surface area contributed by atoms with Crippen LogP contribution in [0.4, 0.5) is 0 Å². The molecule has 0 aliphatic heterocycles. The normalized spacial score (nSPS) is 10.2. The van der Waals surface area contributed by atoms with Gasteiger partial charge in [-0.2, -0.15) is 15.6 Å². The first kappa shape index (κ1) is 12.7. The van der Waals surface area contributed by atoms with E-state index >= 15 is 0 Å². The van der Waals surface area contributed by atoms with Crippen molar-refractivity contribution in [2.75, 3.05) is 0 Å². The van der Waals surface area contributed by atoms with Crippen molar-refractivity contribution in [1.82, 2.24) is 15.4 Å². The van der Waals surface area contributed by atoms with Crippen LogP contribution in [0, 0.1) is 11.3 Å². The minimum atomic E-state index is 0.268. The first-order valence-electron chi connectivity index (χ1n) is 5.61. The molecular formula is C13H7ClN4OS. The van der Waals surface area contributed by atoms with E-state index in [1.807, 2.05) is 18.2 Å². The van der Waals surface area contributed by atoms with Gasteiger partial charge in [0, 0.05) is 5.02 Å². The zero-order chi connectivity index (χ0) is 13.9. The molecule has 0 spiro atoms. The van der Waals surface area contributed by atoms with E-state index < -0.39 is 0 Å². The third-order valence-corrected chi connectivity index (χ3v) is 3.72. The summed E-state index contributed by atoms with van der Waals surface area (Å²) in [6, 6.07) is 12.8. The number of H-pyrrole nitrogens is 1. The number of hydrogen-bond acceptors (Lipinski definition) is 5. The third kappa shape index (κ3) is 2.50. The number of aromatic nitrogens is 3. The van der Waals surface area contributed by atoms with Crippen LogP contribution in [0.5, 0.6) is 10.8 Å². The molecule has 7 heteroatoms. The number of nitrogens with zero attached hydrogens (tertiary/aromatic N) is 3. The third-order valence-electron chi connectivity index (χ3n) is 2.50. The number of thiophene rings is 1. The van der Waals surface area contributed by atoms with Crippen LogP contribution in [-0.4, -0.2) is 15.4 Å². The smallest absolute Gasteiger partial charge is 0.191 e. The monoisotopic (exact) mass is 302 g/mol. The van der Waals surface area contributed by atoms with E-state index in [1.165, 1.54) is 11.3 Å². The molecular weight excluding hydrogens is 296 g/mol. The largest absolute Gasteiger partial charge is 0.447 e. The molecule has 0 radical (unpaired) electrons. The minimum Gasteiger partial charge on any atom is -0.447 e. The molecule has 0 saturated heterocycles. The van der Waals surface area contributed by atoms with Crippen molar-refractivity contribution in [1.29, 1.82) is 5.26 Å². The Morgan fingerprint density at radius 1 is 1.15 bits per heavy atom. The quantitative estimate of drug-likeness (QED) is 0.797. The highest BCUT2D eigenvalue weighted by Crippen LogP contribution is 2.35. The summed E-state index contributed by atoms with van der Waals surface area (Å²) in [7, 11) is 0. The summed E-state index contributed by atoms with van der Waals surface area (Å²) >= 11 is 7.21. The molecule has 2 aromatic heterocycles. The van der Waals surface area contributed by atoms with E-state index in [0.29, 0.717) is 21.5 Å². The fourth-order valence-electron chi connectivity index (χ4n) is 1.60. The molecule has 20 heavy (non-hydrogen) atoms. The Kier molecular flexibility index (Phi) is 3.37. The summed E-state index contributed by atoms with van der Waals surface area (Å²) in [5.41, 5.74) is 0.799. The fourth-order valence-corrected chi connectivity index (χ4v) is 2.59. The van der Waals surface area contributed by atoms with E-state index in [9.17, 15) is 0 Å². The number of ether oxygens (including phenoxy) is 1. The molecule has 0 aliphatic rings. The Balaban J connectivity index is 1.84. The number of nitriles is 1. The van der Waals surface area contributed by atoms with Crippen molar-refractivity contribution in [2.24, 2.45) is 0 Å². The lowest BCUT2D eigenvalue weighted by atomic mass is 10.3. The minimum absolute atomic E-state index is 0.268. The second kappa shape index (κ2) is 5.33. The maximum Gasteiger partial charge on any atom is 0.191 e. The van der Waals surface area contributed by atoms with Crippen LogP contribution in [-0.2, 0) is 0 Å². The molecule has 2 heterocycles. The first-order chi connectivity index (χ1) is 9.76. The van der Waals surface area contributed by atoms with Gasteiger partial charge in [-0.1, -0.05) is 22.9 Å². The van der Waals surface area contributed by atoms with E-state index in [-0.39, 0.29) is 5.69 Å². The van der Waals surface area contributed by atoms with Crippen molar-refractivity contribution in [3.63, 3.8) is 0 Å². The highest BCUT2D eigenvalue weighted by atomic mass is 35.5. The molecule has 3 aromatic rings. The van der Waals surface area contributed by atoms with Gasteiger partial charge in [-0.3, -0.25) is 0 Å². The SMILES string of the molecule is N#Cc1n[nH]nc1-c1ccc(Oc2ccc(Cl)cc2)s1. The molecule has 98 valence electrons. The van der Waals surface area contributed by atoms with Gasteiger partial charge < -0.3 is 4.74 Å². The topological polar surface area (TPSA) is 74.6 Å². The molecule has 0 unspecified atom stereocenters. The number of nitrogens with one attached hydrogen (secondary N) is 1. The zero-order valence-corrected chi connectivity index (χ0v) is 11.6. The van der Waals surface area contributed by atoms with Gasteiger partial charge >= 0.3 is 0 Å². The Bertz CT molecular complexity index is 772. The van der Waals surface area contributed by atoms with Crippen molar-refractivity contribution in [2.45, 2.75) is 0 Å². The molecule has 1 N–H and O–H groups in total. The number of halogens is 1. The van der Waals surface area contributed by atoms with Gasteiger partial charge in [0.05, 0.1) is 4.88 Å². The lowest BCUT2D eigenvalue weighted by molar-refractivity contribution is 0.496. The molecule has 0 atom stereocenters.